The fraction of sp³-hybridized carbons (Fsp3) is 0.312. The van der Waals surface area contributed by atoms with Crippen LogP contribution < -0.4 is 5.73 Å². The van der Waals surface area contributed by atoms with Crippen LogP contribution in [-0.2, 0) is 19.4 Å². The molecule has 0 radical (unpaired) electrons. The van der Waals surface area contributed by atoms with Gasteiger partial charge in [-0.2, -0.15) is 0 Å². The van der Waals surface area contributed by atoms with Crippen molar-refractivity contribution < 1.29 is 4.42 Å². The van der Waals surface area contributed by atoms with E-state index >= 15 is 0 Å². The van der Waals surface area contributed by atoms with E-state index in [-0.39, 0.29) is 0 Å². The topological polar surface area (TPSA) is 57.0 Å². The molecule has 0 saturated heterocycles. The van der Waals surface area contributed by atoms with Gasteiger partial charge in [0.1, 0.15) is 17.7 Å². The van der Waals surface area contributed by atoms with E-state index in [2.05, 4.69) is 10.6 Å². The number of hydrogen-bond acceptors (Lipinski definition) is 3. The first-order valence-electron chi connectivity index (χ1n) is 7.13. The number of nitrogens with two attached hydrogens (primary N) is 1. The number of furan rings is 1. The summed E-state index contributed by atoms with van der Waals surface area (Å²) in [5.41, 5.74) is 10.1. The fourth-order valence-electron chi connectivity index (χ4n) is 3.16. The van der Waals surface area contributed by atoms with Crippen molar-refractivity contribution in [2.24, 2.45) is 5.73 Å². The minimum atomic E-state index is 0.641. The summed E-state index contributed by atoms with van der Waals surface area (Å²) in [4.78, 5) is 4.84. The summed E-state index contributed by atoms with van der Waals surface area (Å²) in [6.07, 6.45) is 4.95. The Kier molecular flexibility index (Phi) is 2.63. The first-order valence-corrected chi connectivity index (χ1v) is 7.13. The molecule has 0 spiro atoms. The van der Waals surface area contributed by atoms with Crippen molar-refractivity contribution in [3.05, 3.63) is 42.0 Å². The van der Waals surface area contributed by atoms with Crippen LogP contribution >= 0.6 is 0 Å². The third kappa shape index (κ3) is 1.61. The molecule has 3 aromatic rings. The average Bonchev–Trinajstić information content (AvgIpc) is 3.15. The normalized spacial score (nSPS) is 14.1. The van der Waals surface area contributed by atoms with Gasteiger partial charge in [0, 0.05) is 29.6 Å². The Morgan fingerprint density at radius 3 is 3.10 bits per heavy atom. The quantitative estimate of drug-likeness (QED) is 0.793. The van der Waals surface area contributed by atoms with E-state index in [9.17, 15) is 0 Å². The SMILES string of the molecule is NCCc1nc(-c2coc3ccccc23)c2n1CCC2. The first kappa shape index (κ1) is 11.7. The summed E-state index contributed by atoms with van der Waals surface area (Å²) in [5.74, 6) is 1.11. The Morgan fingerprint density at radius 2 is 2.20 bits per heavy atom. The van der Waals surface area contributed by atoms with Gasteiger partial charge in [0.05, 0.1) is 5.69 Å². The predicted molar refractivity (Wildman–Crippen MR) is 78.5 cm³/mol. The highest BCUT2D eigenvalue weighted by Crippen LogP contribution is 2.35. The Morgan fingerprint density at radius 1 is 1.30 bits per heavy atom. The molecular weight excluding hydrogens is 250 g/mol. The fourth-order valence-corrected chi connectivity index (χ4v) is 3.16. The Labute approximate surface area is 117 Å². The molecule has 4 nitrogen and oxygen atoms in total. The number of benzene rings is 1. The Bertz CT molecular complexity index is 769. The monoisotopic (exact) mass is 267 g/mol. The lowest BCUT2D eigenvalue weighted by Crippen LogP contribution is -2.08. The summed E-state index contributed by atoms with van der Waals surface area (Å²) >= 11 is 0. The summed E-state index contributed by atoms with van der Waals surface area (Å²) in [7, 11) is 0. The molecule has 0 bridgehead atoms. The number of imidazole rings is 1. The van der Waals surface area contributed by atoms with Gasteiger partial charge in [-0.1, -0.05) is 18.2 Å². The zero-order valence-corrected chi connectivity index (χ0v) is 11.3. The molecule has 0 atom stereocenters. The summed E-state index contributed by atoms with van der Waals surface area (Å²) in [5, 5.41) is 1.14. The smallest absolute Gasteiger partial charge is 0.134 e. The van der Waals surface area contributed by atoms with Crippen molar-refractivity contribution in [1.29, 1.82) is 0 Å². The molecule has 3 heterocycles. The summed E-state index contributed by atoms with van der Waals surface area (Å²) in [6, 6.07) is 8.12. The maximum absolute atomic E-state index is 5.70. The molecule has 2 N–H and O–H groups in total. The number of hydrogen-bond donors (Lipinski definition) is 1. The minimum Gasteiger partial charge on any atom is -0.464 e. The van der Waals surface area contributed by atoms with Gasteiger partial charge >= 0.3 is 0 Å². The summed E-state index contributed by atoms with van der Waals surface area (Å²) in [6.45, 7) is 1.70. The third-order valence-corrected chi connectivity index (χ3v) is 4.05. The highest BCUT2D eigenvalue weighted by molar-refractivity contribution is 5.93. The molecule has 102 valence electrons. The van der Waals surface area contributed by atoms with Crippen molar-refractivity contribution in [2.45, 2.75) is 25.8 Å². The van der Waals surface area contributed by atoms with E-state index in [1.807, 2.05) is 24.5 Å². The second kappa shape index (κ2) is 4.49. The van der Waals surface area contributed by atoms with E-state index in [0.717, 1.165) is 47.4 Å². The van der Waals surface area contributed by atoms with Crippen LogP contribution in [0.2, 0.25) is 0 Å². The van der Waals surface area contributed by atoms with Crippen LogP contribution in [0.15, 0.2) is 34.9 Å². The van der Waals surface area contributed by atoms with Crippen molar-refractivity contribution in [3.63, 3.8) is 0 Å². The van der Waals surface area contributed by atoms with Gasteiger partial charge in [-0.05, 0) is 25.5 Å². The lowest BCUT2D eigenvalue weighted by molar-refractivity contribution is 0.616. The van der Waals surface area contributed by atoms with Crippen molar-refractivity contribution in [2.75, 3.05) is 6.54 Å². The third-order valence-electron chi connectivity index (χ3n) is 4.05. The van der Waals surface area contributed by atoms with Gasteiger partial charge < -0.3 is 14.7 Å². The van der Waals surface area contributed by atoms with E-state index < -0.39 is 0 Å². The van der Waals surface area contributed by atoms with Gasteiger partial charge in [-0.3, -0.25) is 0 Å². The molecule has 20 heavy (non-hydrogen) atoms. The van der Waals surface area contributed by atoms with Gasteiger partial charge in [-0.25, -0.2) is 4.98 Å². The van der Waals surface area contributed by atoms with E-state index in [1.165, 1.54) is 12.1 Å². The van der Waals surface area contributed by atoms with Crippen molar-refractivity contribution in [1.82, 2.24) is 9.55 Å². The molecule has 1 aliphatic heterocycles. The van der Waals surface area contributed by atoms with Gasteiger partial charge in [0.15, 0.2) is 0 Å². The van der Waals surface area contributed by atoms with Gasteiger partial charge in [0.2, 0.25) is 0 Å². The van der Waals surface area contributed by atoms with Gasteiger partial charge in [0.25, 0.3) is 0 Å². The molecule has 1 aliphatic rings. The van der Waals surface area contributed by atoms with Crippen LogP contribution in [-0.4, -0.2) is 16.1 Å². The molecular formula is C16H17N3O. The second-order valence-corrected chi connectivity index (χ2v) is 5.26. The largest absolute Gasteiger partial charge is 0.464 e. The Hall–Kier alpha value is -2.07. The number of nitrogens with zero attached hydrogens (tertiary/aromatic N) is 2. The number of fused-ring (bicyclic) bond motifs is 2. The molecule has 0 unspecified atom stereocenters. The highest BCUT2D eigenvalue weighted by Gasteiger charge is 2.23. The lowest BCUT2D eigenvalue weighted by atomic mass is 10.1. The lowest BCUT2D eigenvalue weighted by Gasteiger charge is -2.01. The zero-order valence-electron chi connectivity index (χ0n) is 11.3. The maximum atomic E-state index is 5.70. The zero-order chi connectivity index (χ0) is 13.5. The molecule has 2 aromatic heterocycles. The molecule has 0 saturated carbocycles. The van der Waals surface area contributed by atoms with Crippen LogP contribution in [0.25, 0.3) is 22.2 Å². The number of para-hydroxylation sites is 1. The number of aromatic nitrogens is 2. The maximum Gasteiger partial charge on any atom is 0.134 e. The van der Waals surface area contributed by atoms with Crippen LogP contribution in [0.5, 0.6) is 0 Å². The second-order valence-electron chi connectivity index (χ2n) is 5.26. The average molecular weight is 267 g/mol. The molecule has 0 aliphatic carbocycles. The molecule has 4 heteroatoms. The highest BCUT2D eigenvalue weighted by atomic mass is 16.3. The molecule has 0 amide bonds. The van der Waals surface area contributed by atoms with Crippen LogP contribution in [0.4, 0.5) is 0 Å². The predicted octanol–water partition coefficient (Wildman–Crippen LogP) is 2.74. The van der Waals surface area contributed by atoms with Crippen LogP contribution in [0.3, 0.4) is 0 Å². The van der Waals surface area contributed by atoms with E-state index in [1.54, 1.807) is 0 Å². The minimum absolute atomic E-state index is 0.641. The molecule has 4 rings (SSSR count). The Balaban J connectivity index is 1.92. The summed E-state index contributed by atoms with van der Waals surface area (Å²) < 4.78 is 8.00. The van der Waals surface area contributed by atoms with Crippen LogP contribution in [0.1, 0.15) is 17.9 Å². The first-order chi connectivity index (χ1) is 9.88. The van der Waals surface area contributed by atoms with Gasteiger partial charge in [-0.15, -0.1) is 0 Å². The standard InChI is InChI=1S/C16H17N3O/c17-8-7-15-18-16(13-5-3-9-19(13)15)12-10-20-14-6-2-1-4-11(12)14/h1-2,4,6,10H,3,5,7-9,17H2. The van der Waals surface area contributed by atoms with E-state index in [0.29, 0.717) is 6.54 Å². The van der Waals surface area contributed by atoms with Crippen LogP contribution in [0, 0.1) is 0 Å². The van der Waals surface area contributed by atoms with Crippen molar-refractivity contribution >= 4 is 11.0 Å². The molecule has 0 fully saturated rings. The molecule has 1 aromatic carbocycles. The number of rotatable bonds is 3. The van der Waals surface area contributed by atoms with Crippen molar-refractivity contribution in [3.8, 4) is 11.3 Å². The van der Waals surface area contributed by atoms with E-state index in [4.69, 9.17) is 15.1 Å².